The van der Waals surface area contributed by atoms with Crippen LogP contribution in [0.15, 0.2) is 0 Å². The van der Waals surface area contributed by atoms with Gasteiger partial charge in [-0.3, -0.25) is 4.79 Å². The third-order valence-electron chi connectivity index (χ3n) is 5.20. The fraction of sp³-hybridized carbons (Fsp3) is 0.944. The van der Waals surface area contributed by atoms with E-state index in [1.54, 1.807) is 0 Å². The Bertz CT molecular complexity index is 304. The van der Waals surface area contributed by atoms with Crippen molar-refractivity contribution >= 4 is 5.91 Å². The highest BCUT2D eigenvalue weighted by Crippen LogP contribution is 2.26. The van der Waals surface area contributed by atoms with Crippen LogP contribution in [-0.2, 0) is 4.79 Å². The average Bonchev–Trinajstić information content (AvgIpc) is 3.00. The molecule has 122 valence electrons. The third kappa shape index (κ3) is 5.61. The molecular formula is C18H34N2O. The molecule has 0 aromatic heterocycles. The molecule has 2 aliphatic rings. The van der Waals surface area contributed by atoms with Gasteiger partial charge in [0.15, 0.2) is 0 Å². The van der Waals surface area contributed by atoms with E-state index in [-0.39, 0.29) is 0 Å². The molecule has 0 bridgehead atoms. The first kappa shape index (κ1) is 16.8. The Hall–Kier alpha value is -0.570. The second-order valence-electron chi connectivity index (χ2n) is 7.46. The van der Waals surface area contributed by atoms with Gasteiger partial charge in [-0.25, -0.2) is 0 Å². The van der Waals surface area contributed by atoms with E-state index in [4.69, 9.17) is 0 Å². The van der Waals surface area contributed by atoms with E-state index in [0.29, 0.717) is 17.9 Å². The summed E-state index contributed by atoms with van der Waals surface area (Å²) in [5, 5.41) is 3.46. The third-order valence-corrected chi connectivity index (χ3v) is 5.20. The van der Waals surface area contributed by atoms with Crippen molar-refractivity contribution in [3.8, 4) is 0 Å². The Kier molecular flexibility index (Phi) is 7.01. The molecule has 1 aliphatic heterocycles. The fourth-order valence-electron chi connectivity index (χ4n) is 3.77. The summed E-state index contributed by atoms with van der Waals surface area (Å²) < 4.78 is 0. The number of carbonyl (C=O) groups excluding carboxylic acids is 1. The van der Waals surface area contributed by atoms with Crippen LogP contribution in [-0.4, -0.2) is 36.5 Å². The summed E-state index contributed by atoms with van der Waals surface area (Å²) in [6.45, 7) is 7.76. The summed E-state index contributed by atoms with van der Waals surface area (Å²) in [4.78, 5) is 14.9. The Balaban J connectivity index is 1.80. The lowest BCUT2D eigenvalue weighted by Crippen LogP contribution is -2.40. The molecule has 0 aromatic rings. The number of piperidine rings is 1. The molecule has 0 radical (unpaired) electrons. The van der Waals surface area contributed by atoms with E-state index in [1.165, 1.54) is 38.5 Å². The molecule has 1 saturated carbocycles. The Morgan fingerprint density at radius 3 is 2.57 bits per heavy atom. The minimum atomic E-state index is 0.424. The highest BCUT2D eigenvalue weighted by Gasteiger charge is 2.27. The van der Waals surface area contributed by atoms with Crippen LogP contribution < -0.4 is 5.32 Å². The number of nitrogens with one attached hydrogen (secondary N) is 1. The van der Waals surface area contributed by atoms with Crippen molar-refractivity contribution in [2.75, 3.05) is 19.6 Å². The number of hydrogen-bond donors (Lipinski definition) is 1. The van der Waals surface area contributed by atoms with E-state index >= 15 is 0 Å². The van der Waals surface area contributed by atoms with Crippen LogP contribution in [0.5, 0.6) is 0 Å². The van der Waals surface area contributed by atoms with E-state index in [2.05, 4.69) is 24.1 Å². The van der Waals surface area contributed by atoms with Crippen molar-refractivity contribution < 1.29 is 4.79 Å². The van der Waals surface area contributed by atoms with Crippen molar-refractivity contribution in [3.63, 3.8) is 0 Å². The van der Waals surface area contributed by atoms with Gasteiger partial charge in [-0.05, 0) is 63.5 Å². The summed E-state index contributed by atoms with van der Waals surface area (Å²) >= 11 is 0. The van der Waals surface area contributed by atoms with Crippen molar-refractivity contribution in [1.82, 2.24) is 10.2 Å². The Labute approximate surface area is 130 Å². The molecule has 21 heavy (non-hydrogen) atoms. The molecule has 1 amide bonds. The number of amides is 1. The number of nitrogens with zero attached hydrogens (tertiary/aromatic N) is 1. The second kappa shape index (κ2) is 8.77. The Morgan fingerprint density at radius 1 is 1.19 bits per heavy atom. The summed E-state index contributed by atoms with van der Waals surface area (Å²) in [5.74, 6) is 1.83. The topological polar surface area (TPSA) is 32.3 Å². The quantitative estimate of drug-likeness (QED) is 0.778. The van der Waals surface area contributed by atoms with Crippen LogP contribution in [0.1, 0.15) is 71.6 Å². The maximum absolute atomic E-state index is 12.7. The fourth-order valence-corrected chi connectivity index (χ4v) is 3.77. The number of rotatable bonds is 7. The summed E-state index contributed by atoms with van der Waals surface area (Å²) in [7, 11) is 0. The minimum absolute atomic E-state index is 0.424. The lowest BCUT2D eigenvalue weighted by molar-refractivity contribution is -0.134. The lowest BCUT2D eigenvalue weighted by Gasteiger charge is -2.31. The van der Waals surface area contributed by atoms with Gasteiger partial charge in [0, 0.05) is 19.0 Å². The van der Waals surface area contributed by atoms with Crippen molar-refractivity contribution in [2.24, 2.45) is 11.8 Å². The maximum Gasteiger partial charge on any atom is 0.222 e. The predicted molar refractivity (Wildman–Crippen MR) is 88.3 cm³/mol. The number of carbonyl (C=O) groups is 1. The van der Waals surface area contributed by atoms with E-state index in [9.17, 15) is 4.79 Å². The van der Waals surface area contributed by atoms with Crippen LogP contribution >= 0.6 is 0 Å². The molecule has 1 atom stereocenters. The largest absolute Gasteiger partial charge is 0.340 e. The van der Waals surface area contributed by atoms with E-state index < -0.39 is 0 Å². The molecule has 1 N–H and O–H groups in total. The molecule has 1 aliphatic carbocycles. The maximum atomic E-state index is 12.7. The van der Waals surface area contributed by atoms with Crippen LogP contribution in [0, 0.1) is 11.8 Å². The normalized spacial score (nSPS) is 23.7. The van der Waals surface area contributed by atoms with Gasteiger partial charge in [-0.15, -0.1) is 0 Å². The summed E-state index contributed by atoms with van der Waals surface area (Å²) in [6, 6.07) is 0.542. The van der Waals surface area contributed by atoms with Gasteiger partial charge in [0.25, 0.3) is 0 Å². The molecule has 1 heterocycles. The van der Waals surface area contributed by atoms with Gasteiger partial charge in [0.1, 0.15) is 0 Å². The van der Waals surface area contributed by atoms with Crippen LogP contribution in [0.3, 0.4) is 0 Å². The zero-order valence-corrected chi connectivity index (χ0v) is 14.1. The Morgan fingerprint density at radius 2 is 1.95 bits per heavy atom. The van der Waals surface area contributed by atoms with Gasteiger partial charge in [0.05, 0.1) is 0 Å². The molecule has 1 unspecified atom stereocenters. The molecule has 3 nitrogen and oxygen atoms in total. The van der Waals surface area contributed by atoms with Gasteiger partial charge in [0.2, 0.25) is 5.91 Å². The second-order valence-corrected chi connectivity index (χ2v) is 7.46. The zero-order valence-electron chi connectivity index (χ0n) is 14.1. The zero-order chi connectivity index (χ0) is 15.1. The molecular weight excluding hydrogens is 260 g/mol. The number of hydrogen-bond acceptors (Lipinski definition) is 2. The standard InChI is InChI=1S/C18H34N2O/c1-15(2)11-13-20(17-7-3-4-8-17)18(21)10-9-16-6-5-12-19-14-16/h15-17,19H,3-14H2,1-2H3. The van der Waals surface area contributed by atoms with E-state index in [0.717, 1.165) is 44.8 Å². The van der Waals surface area contributed by atoms with Crippen LogP contribution in [0.2, 0.25) is 0 Å². The summed E-state index contributed by atoms with van der Waals surface area (Å²) in [6.07, 6.45) is 10.6. The van der Waals surface area contributed by atoms with Gasteiger partial charge in [-0.1, -0.05) is 26.7 Å². The highest BCUT2D eigenvalue weighted by atomic mass is 16.2. The SMILES string of the molecule is CC(C)CCN(C(=O)CCC1CCCNC1)C1CCCC1. The van der Waals surface area contributed by atoms with E-state index in [1.807, 2.05) is 0 Å². The summed E-state index contributed by atoms with van der Waals surface area (Å²) in [5.41, 5.74) is 0. The first-order chi connectivity index (χ1) is 10.2. The van der Waals surface area contributed by atoms with Gasteiger partial charge < -0.3 is 10.2 Å². The molecule has 3 heteroatoms. The molecule has 1 saturated heterocycles. The minimum Gasteiger partial charge on any atom is -0.340 e. The van der Waals surface area contributed by atoms with Gasteiger partial charge in [-0.2, -0.15) is 0 Å². The smallest absolute Gasteiger partial charge is 0.222 e. The molecule has 0 spiro atoms. The van der Waals surface area contributed by atoms with Crippen molar-refractivity contribution in [1.29, 1.82) is 0 Å². The highest BCUT2D eigenvalue weighted by molar-refractivity contribution is 5.76. The monoisotopic (exact) mass is 294 g/mol. The average molecular weight is 294 g/mol. The first-order valence-corrected chi connectivity index (χ1v) is 9.17. The lowest BCUT2D eigenvalue weighted by atomic mass is 9.94. The van der Waals surface area contributed by atoms with Crippen LogP contribution in [0.4, 0.5) is 0 Å². The molecule has 2 rings (SSSR count). The van der Waals surface area contributed by atoms with Crippen molar-refractivity contribution in [3.05, 3.63) is 0 Å². The van der Waals surface area contributed by atoms with Gasteiger partial charge >= 0.3 is 0 Å². The first-order valence-electron chi connectivity index (χ1n) is 9.17. The molecule has 2 fully saturated rings. The van der Waals surface area contributed by atoms with Crippen molar-refractivity contribution in [2.45, 2.75) is 77.7 Å². The molecule has 0 aromatic carbocycles. The van der Waals surface area contributed by atoms with Crippen LogP contribution in [0.25, 0.3) is 0 Å². The predicted octanol–water partition coefficient (Wildman–Crippen LogP) is 3.58.